The molecule has 1 aliphatic rings. The van der Waals surface area contributed by atoms with Crippen LogP contribution in [0.1, 0.15) is 49.2 Å². The van der Waals surface area contributed by atoms with Crippen LogP contribution >= 0.6 is 0 Å². The van der Waals surface area contributed by atoms with Gasteiger partial charge in [-0.3, -0.25) is 14.1 Å². The number of nitrogens with one attached hydrogen (secondary N) is 2. The molecule has 5 rings (SSSR count). The van der Waals surface area contributed by atoms with Gasteiger partial charge in [0.1, 0.15) is 11.7 Å². The maximum absolute atomic E-state index is 14.3. The van der Waals surface area contributed by atoms with Gasteiger partial charge in [-0.25, -0.2) is 4.98 Å². The molecule has 1 saturated heterocycles. The van der Waals surface area contributed by atoms with Gasteiger partial charge in [0.15, 0.2) is 11.5 Å². The fourth-order valence-corrected chi connectivity index (χ4v) is 4.90. The molecule has 4 heterocycles. The molecule has 200 valence electrons. The van der Waals surface area contributed by atoms with E-state index in [0.29, 0.717) is 47.8 Å². The van der Waals surface area contributed by atoms with Crippen molar-refractivity contribution in [3.05, 3.63) is 59.8 Å². The average molecular weight is 526 g/mol. The van der Waals surface area contributed by atoms with Crippen molar-refractivity contribution in [3.8, 4) is 11.5 Å². The molecule has 0 bridgehead atoms. The van der Waals surface area contributed by atoms with Gasteiger partial charge in [0.2, 0.25) is 0 Å². The number of likely N-dealkylation sites (tertiary alicyclic amines) is 1. The van der Waals surface area contributed by atoms with Gasteiger partial charge in [-0.2, -0.15) is 13.2 Å². The van der Waals surface area contributed by atoms with Crippen LogP contribution in [0.5, 0.6) is 0 Å². The van der Waals surface area contributed by atoms with Crippen LogP contribution < -0.4 is 10.6 Å². The molecule has 1 fully saturated rings. The number of nitrogens with zero attached hydrogens (tertiary/aromatic N) is 5. The minimum absolute atomic E-state index is 0.0197. The summed E-state index contributed by atoms with van der Waals surface area (Å²) >= 11 is 0. The second-order valence-electron chi connectivity index (χ2n) is 10.7. The number of amides is 1. The second kappa shape index (κ2) is 9.63. The maximum Gasteiger partial charge on any atom is 0.408 e. The number of pyridine rings is 2. The highest BCUT2D eigenvalue weighted by atomic mass is 19.4. The summed E-state index contributed by atoms with van der Waals surface area (Å²) in [6.07, 6.45) is -2.34. The Kier molecular flexibility index (Phi) is 6.60. The molecule has 0 saturated carbocycles. The van der Waals surface area contributed by atoms with Gasteiger partial charge < -0.3 is 10.6 Å². The topological polar surface area (TPSA) is 87.4 Å². The summed E-state index contributed by atoms with van der Waals surface area (Å²) in [5, 5.41) is 15.2. The molecule has 1 aromatic carbocycles. The van der Waals surface area contributed by atoms with Crippen LogP contribution in [0, 0.1) is 0 Å². The van der Waals surface area contributed by atoms with E-state index in [1.54, 1.807) is 35.7 Å². The van der Waals surface area contributed by atoms with E-state index < -0.39 is 17.8 Å². The molecular weight excluding hydrogens is 495 g/mol. The van der Waals surface area contributed by atoms with E-state index in [2.05, 4.69) is 25.8 Å². The van der Waals surface area contributed by atoms with E-state index in [0.717, 1.165) is 5.39 Å². The lowest BCUT2D eigenvalue weighted by molar-refractivity contribution is -0.184. The molecule has 1 amide bonds. The van der Waals surface area contributed by atoms with Crippen molar-refractivity contribution in [2.24, 2.45) is 0 Å². The third kappa shape index (κ3) is 5.21. The summed E-state index contributed by atoms with van der Waals surface area (Å²) < 4.78 is 44.4. The zero-order valence-electron chi connectivity index (χ0n) is 21.7. The highest BCUT2D eigenvalue weighted by molar-refractivity contribution is 5.98. The van der Waals surface area contributed by atoms with Gasteiger partial charge in [0.25, 0.3) is 5.91 Å². The predicted octanol–water partition coefficient (Wildman–Crippen LogP) is 4.37. The quantitative estimate of drug-likeness (QED) is 0.403. The number of likely N-dealkylation sites (N-methyl/N-ethyl adjacent to an activating group) is 1. The molecule has 1 aliphatic heterocycles. The van der Waals surface area contributed by atoms with Crippen LogP contribution in [-0.2, 0) is 0 Å². The SMILES string of the molecule is CN[C@H]1CCN([C@@H](c2ccc3nnc(-c4ccc5ccc(C(=O)NC(C)(C)C)cc5n4)n3c2)C(F)(F)F)C1. The molecule has 0 radical (unpaired) electrons. The van der Waals surface area contributed by atoms with Gasteiger partial charge >= 0.3 is 6.18 Å². The molecule has 2 atom stereocenters. The summed E-state index contributed by atoms with van der Waals surface area (Å²) in [4.78, 5) is 18.8. The van der Waals surface area contributed by atoms with Crippen molar-refractivity contribution in [1.29, 1.82) is 0 Å². The fraction of sp³-hybridized carbons (Fsp3) is 0.407. The standard InChI is InChI=1S/C27H30F3N7O/c1-26(2,3)33-25(38)17-6-5-16-7-9-20(32-21(16)13-17)24-35-34-22-10-8-18(14-37(22)24)23(27(28,29)30)36-12-11-19(15-36)31-4/h5-10,13-14,19,23,31H,11-12,15H2,1-4H3,(H,33,38)/t19-,23-/m0/s1. The Balaban J connectivity index is 1.53. The Labute approximate surface area is 218 Å². The average Bonchev–Trinajstić information content (AvgIpc) is 3.48. The van der Waals surface area contributed by atoms with Crippen LogP contribution in [0.25, 0.3) is 28.1 Å². The molecular formula is C27H30F3N7O. The lowest BCUT2D eigenvalue weighted by Crippen LogP contribution is -2.40. The second-order valence-corrected chi connectivity index (χ2v) is 10.7. The lowest BCUT2D eigenvalue weighted by atomic mass is 10.1. The summed E-state index contributed by atoms with van der Waals surface area (Å²) in [5.41, 5.74) is 1.61. The van der Waals surface area contributed by atoms with Crippen molar-refractivity contribution in [1.82, 2.24) is 35.1 Å². The molecule has 8 nitrogen and oxygen atoms in total. The van der Waals surface area contributed by atoms with Gasteiger partial charge in [0, 0.05) is 41.8 Å². The van der Waals surface area contributed by atoms with Gasteiger partial charge in [-0.15, -0.1) is 10.2 Å². The third-order valence-corrected chi connectivity index (χ3v) is 6.72. The zero-order chi connectivity index (χ0) is 27.2. The van der Waals surface area contributed by atoms with Crippen LogP contribution in [0.2, 0.25) is 0 Å². The molecule has 0 aliphatic carbocycles. The van der Waals surface area contributed by atoms with Gasteiger partial charge in [-0.1, -0.05) is 18.2 Å². The molecule has 2 N–H and O–H groups in total. The van der Waals surface area contributed by atoms with Crippen molar-refractivity contribution in [3.63, 3.8) is 0 Å². The molecule has 11 heteroatoms. The minimum atomic E-state index is -4.45. The normalized spacial score (nSPS) is 17.8. The first kappa shape index (κ1) is 26.1. The van der Waals surface area contributed by atoms with E-state index in [1.165, 1.54) is 17.2 Å². The highest BCUT2D eigenvalue weighted by Gasteiger charge is 2.46. The predicted molar refractivity (Wildman–Crippen MR) is 139 cm³/mol. The summed E-state index contributed by atoms with van der Waals surface area (Å²) in [6.45, 7) is 6.36. The van der Waals surface area contributed by atoms with E-state index in [4.69, 9.17) is 0 Å². The molecule has 38 heavy (non-hydrogen) atoms. The Bertz CT molecular complexity index is 1490. The smallest absolute Gasteiger partial charge is 0.347 e. The van der Waals surface area contributed by atoms with Gasteiger partial charge in [0.05, 0.1) is 5.52 Å². The van der Waals surface area contributed by atoms with E-state index >= 15 is 0 Å². The minimum Gasteiger partial charge on any atom is -0.347 e. The number of halogens is 3. The zero-order valence-corrected chi connectivity index (χ0v) is 21.7. The monoisotopic (exact) mass is 525 g/mol. The largest absolute Gasteiger partial charge is 0.408 e. The molecule has 4 aromatic rings. The third-order valence-electron chi connectivity index (χ3n) is 6.72. The molecule has 0 spiro atoms. The van der Waals surface area contributed by atoms with E-state index in [9.17, 15) is 18.0 Å². The molecule has 3 aromatic heterocycles. The lowest BCUT2D eigenvalue weighted by Gasteiger charge is -2.30. The summed E-state index contributed by atoms with van der Waals surface area (Å²) in [6, 6.07) is 10.1. The van der Waals surface area contributed by atoms with Crippen LogP contribution in [-0.4, -0.2) is 68.3 Å². The van der Waals surface area contributed by atoms with E-state index in [1.807, 2.05) is 32.9 Å². The Hall–Kier alpha value is -3.57. The first-order valence-corrected chi connectivity index (χ1v) is 12.5. The Morgan fingerprint density at radius 2 is 1.84 bits per heavy atom. The van der Waals surface area contributed by atoms with Crippen molar-refractivity contribution >= 4 is 22.5 Å². The Morgan fingerprint density at radius 1 is 1.08 bits per heavy atom. The van der Waals surface area contributed by atoms with Crippen LogP contribution in [0.3, 0.4) is 0 Å². The number of benzene rings is 1. The van der Waals surface area contributed by atoms with Crippen molar-refractivity contribution in [2.45, 2.75) is 51.0 Å². The van der Waals surface area contributed by atoms with Crippen LogP contribution in [0.15, 0.2) is 48.7 Å². The number of carbonyl (C=O) groups excluding carboxylic acids is 1. The maximum atomic E-state index is 14.3. The number of hydrogen-bond donors (Lipinski definition) is 2. The number of hydrogen-bond acceptors (Lipinski definition) is 6. The molecule has 0 unspecified atom stereocenters. The highest BCUT2D eigenvalue weighted by Crippen LogP contribution is 2.39. The number of aromatic nitrogens is 4. The number of carbonyl (C=O) groups is 1. The van der Waals surface area contributed by atoms with E-state index in [-0.39, 0.29) is 17.5 Å². The van der Waals surface area contributed by atoms with Crippen molar-refractivity contribution in [2.75, 3.05) is 20.1 Å². The van der Waals surface area contributed by atoms with Crippen LogP contribution in [0.4, 0.5) is 13.2 Å². The fourth-order valence-electron chi connectivity index (χ4n) is 4.90. The summed E-state index contributed by atoms with van der Waals surface area (Å²) in [5.74, 6) is 0.105. The van der Waals surface area contributed by atoms with Gasteiger partial charge in [-0.05, 0) is 64.1 Å². The van der Waals surface area contributed by atoms with Crippen molar-refractivity contribution < 1.29 is 18.0 Å². The summed E-state index contributed by atoms with van der Waals surface area (Å²) in [7, 11) is 1.77. The first-order chi connectivity index (χ1) is 17.9. The number of fused-ring (bicyclic) bond motifs is 2. The Morgan fingerprint density at radius 3 is 2.53 bits per heavy atom. The first-order valence-electron chi connectivity index (χ1n) is 12.5. The number of alkyl halides is 3. The number of rotatable bonds is 5.